The lowest BCUT2D eigenvalue weighted by Gasteiger charge is -2.36. The van der Waals surface area contributed by atoms with Crippen molar-refractivity contribution in [2.24, 2.45) is 7.05 Å². The van der Waals surface area contributed by atoms with E-state index in [-0.39, 0.29) is 0 Å². The summed E-state index contributed by atoms with van der Waals surface area (Å²) in [6.07, 6.45) is 3.74. The van der Waals surface area contributed by atoms with Gasteiger partial charge in [0, 0.05) is 51.0 Å². The van der Waals surface area contributed by atoms with E-state index in [0.717, 1.165) is 36.4 Å². The Labute approximate surface area is 151 Å². The number of fused-ring (bicyclic) bond motifs is 1. The molecule has 136 valence electrons. The average molecular weight is 354 g/mol. The molecule has 0 radical (unpaired) electrons. The van der Waals surface area contributed by atoms with Crippen molar-refractivity contribution in [2.45, 2.75) is 12.6 Å². The fourth-order valence-electron chi connectivity index (χ4n) is 3.52. The van der Waals surface area contributed by atoms with E-state index in [2.05, 4.69) is 9.88 Å². The zero-order valence-corrected chi connectivity index (χ0v) is 14.7. The van der Waals surface area contributed by atoms with Crippen LogP contribution in [0.2, 0.25) is 0 Å². The fraction of sp³-hybridized carbons (Fsp3) is 0.368. The zero-order valence-electron chi connectivity index (χ0n) is 14.7. The minimum atomic E-state index is -0.874. The van der Waals surface area contributed by atoms with Crippen molar-refractivity contribution in [3.8, 4) is 0 Å². The lowest BCUT2D eigenvalue weighted by molar-refractivity contribution is -0.145. The predicted octanol–water partition coefficient (Wildman–Crippen LogP) is 2.11. The Morgan fingerprint density at radius 2 is 2.04 bits per heavy atom. The summed E-state index contributed by atoms with van der Waals surface area (Å²) < 4.78 is 7.84. The van der Waals surface area contributed by atoms with Gasteiger partial charge in [0.15, 0.2) is 6.04 Å². The van der Waals surface area contributed by atoms with Gasteiger partial charge in [0.05, 0.1) is 6.54 Å². The van der Waals surface area contributed by atoms with Gasteiger partial charge in [-0.15, -0.1) is 0 Å². The van der Waals surface area contributed by atoms with Crippen LogP contribution in [0.1, 0.15) is 17.6 Å². The highest BCUT2D eigenvalue weighted by Crippen LogP contribution is 2.28. The number of benzene rings is 1. The van der Waals surface area contributed by atoms with E-state index < -0.39 is 12.0 Å². The summed E-state index contributed by atoms with van der Waals surface area (Å²) >= 11 is 0. The molecule has 1 saturated heterocycles. The van der Waals surface area contributed by atoms with Gasteiger partial charge in [0.2, 0.25) is 0 Å². The fourth-order valence-corrected chi connectivity index (χ4v) is 3.52. The number of carboxylic acids is 1. The Bertz CT molecular complexity index is 875. The third kappa shape index (κ3) is 3.23. The molecular formula is C19H22N4O3. The largest absolute Gasteiger partial charge is 0.480 e. The number of imidazole rings is 1. The Kier molecular flexibility index (Phi) is 4.48. The quantitative estimate of drug-likeness (QED) is 0.756. The molecule has 0 spiro atoms. The summed E-state index contributed by atoms with van der Waals surface area (Å²) in [7, 11) is 1.99. The van der Waals surface area contributed by atoms with Gasteiger partial charge in [0.1, 0.15) is 17.2 Å². The van der Waals surface area contributed by atoms with E-state index in [1.807, 2.05) is 53.0 Å². The van der Waals surface area contributed by atoms with Gasteiger partial charge in [-0.3, -0.25) is 14.6 Å². The Morgan fingerprint density at radius 1 is 1.27 bits per heavy atom. The highest BCUT2D eigenvalue weighted by Gasteiger charge is 2.33. The molecule has 1 fully saturated rings. The second kappa shape index (κ2) is 6.93. The first-order chi connectivity index (χ1) is 12.6. The number of aryl methyl sites for hydroxylation is 1. The number of carboxylic acid groups (broad SMARTS) is 1. The summed E-state index contributed by atoms with van der Waals surface area (Å²) in [6.45, 7) is 3.74. The van der Waals surface area contributed by atoms with Crippen LogP contribution in [-0.4, -0.2) is 56.6 Å². The van der Waals surface area contributed by atoms with E-state index in [4.69, 9.17) is 4.42 Å². The maximum atomic E-state index is 11.9. The van der Waals surface area contributed by atoms with Crippen molar-refractivity contribution in [3.05, 3.63) is 54.3 Å². The van der Waals surface area contributed by atoms with E-state index in [0.29, 0.717) is 18.8 Å². The predicted molar refractivity (Wildman–Crippen MR) is 96.6 cm³/mol. The molecule has 26 heavy (non-hydrogen) atoms. The monoisotopic (exact) mass is 354 g/mol. The molecule has 0 bridgehead atoms. The molecule has 3 aromatic rings. The van der Waals surface area contributed by atoms with E-state index in [9.17, 15) is 9.90 Å². The number of piperazine rings is 1. The van der Waals surface area contributed by atoms with Crippen LogP contribution in [0.4, 0.5) is 0 Å². The topological polar surface area (TPSA) is 74.7 Å². The van der Waals surface area contributed by atoms with Gasteiger partial charge in [-0.05, 0) is 12.1 Å². The summed E-state index contributed by atoms with van der Waals surface area (Å²) in [6, 6.07) is 8.70. The minimum absolute atomic E-state index is 0.497. The van der Waals surface area contributed by atoms with Gasteiger partial charge in [0.25, 0.3) is 0 Å². The van der Waals surface area contributed by atoms with E-state index in [1.165, 1.54) is 0 Å². The summed E-state index contributed by atoms with van der Waals surface area (Å²) in [4.78, 5) is 20.6. The van der Waals surface area contributed by atoms with Gasteiger partial charge < -0.3 is 14.1 Å². The standard InChI is InChI=1S/C19H22N4O3/c1-21-7-6-20-17(21)13-22-8-10-23(11-9-22)18(19(24)25)16-12-14-4-2-3-5-15(14)26-16/h2-7,12,18H,8-11,13H2,1H3,(H,24,25). The number of hydrogen-bond donors (Lipinski definition) is 1. The van der Waals surface area contributed by atoms with Gasteiger partial charge in [-0.2, -0.15) is 0 Å². The van der Waals surface area contributed by atoms with Crippen molar-refractivity contribution in [1.82, 2.24) is 19.4 Å². The highest BCUT2D eigenvalue weighted by molar-refractivity contribution is 5.81. The molecule has 7 heteroatoms. The van der Waals surface area contributed by atoms with Crippen LogP contribution >= 0.6 is 0 Å². The second-order valence-corrected chi connectivity index (χ2v) is 6.69. The number of nitrogens with zero attached hydrogens (tertiary/aromatic N) is 4. The maximum Gasteiger partial charge on any atom is 0.328 e. The number of aliphatic carboxylic acids is 1. The third-order valence-corrected chi connectivity index (χ3v) is 5.01. The summed E-state index contributed by atoms with van der Waals surface area (Å²) in [5.74, 6) is 0.642. The van der Waals surface area contributed by atoms with E-state index >= 15 is 0 Å². The minimum Gasteiger partial charge on any atom is -0.480 e. The summed E-state index contributed by atoms with van der Waals surface area (Å²) in [5.41, 5.74) is 0.724. The normalized spacial score (nSPS) is 17.6. The molecule has 1 atom stereocenters. The molecule has 7 nitrogen and oxygen atoms in total. The number of furan rings is 1. The molecule has 1 aliphatic rings. The van der Waals surface area contributed by atoms with Crippen molar-refractivity contribution in [3.63, 3.8) is 0 Å². The van der Waals surface area contributed by atoms with Crippen LogP contribution in [0.5, 0.6) is 0 Å². The van der Waals surface area contributed by atoms with Crippen LogP contribution in [-0.2, 0) is 18.4 Å². The molecule has 0 saturated carbocycles. The zero-order chi connectivity index (χ0) is 18.1. The molecule has 1 N–H and O–H groups in total. The van der Waals surface area contributed by atoms with Crippen LogP contribution in [0.15, 0.2) is 47.1 Å². The number of aromatic nitrogens is 2. The first kappa shape index (κ1) is 16.8. The van der Waals surface area contributed by atoms with Crippen LogP contribution in [0.3, 0.4) is 0 Å². The molecule has 2 aromatic heterocycles. The number of para-hydroxylation sites is 1. The molecule has 1 aromatic carbocycles. The lowest BCUT2D eigenvalue weighted by atomic mass is 10.1. The van der Waals surface area contributed by atoms with Crippen molar-refractivity contribution < 1.29 is 14.3 Å². The van der Waals surface area contributed by atoms with Crippen LogP contribution in [0, 0.1) is 0 Å². The first-order valence-corrected chi connectivity index (χ1v) is 8.76. The van der Waals surface area contributed by atoms with Crippen molar-refractivity contribution in [1.29, 1.82) is 0 Å². The number of rotatable bonds is 5. The average Bonchev–Trinajstić information content (AvgIpc) is 3.22. The molecule has 1 aliphatic heterocycles. The lowest BCUT2D eigenvalue weighted by Crippen LogP contribution is -2.49. The molecule has 0 amide bonds. The highest BCUT2D eigenvalue weighted by atomic mass is 16.4. The van der Waals surface area contributed by atoms with Gasteiger partial charge >= 0.3 is 5.97 Å². The summed E-state index contributed by atoms with van der Waals surface area (Å²) in [5, 5.41) is 10.7. The Balaban J connectivity index is 1.47. The first-order valence-electron chi connectivity index (χ1n) is 8.76. The maximum absolute atomic E-state index is 11.9. The molecule has 3 heterocycles. The van der Waals surface area contributed by atoms with Crippen molar-refractivity contribution in [2.75, 3.05) is 26.2 Å². The number of carbonyl (C=O) groups is 1. The second-order valence-electron chi connectivity index (χ2n) is 6.69. The molecular weight excluding hydrogens is 332 g/mol. The SMILES string of the molecule is Cn1ccnc1CN1CCN(C(C(=O)O)c2cc3ccccc3o2)CC1. The molecule has 1 unspecified atom stereocenters. The van der Waals surface area contributed by atoms with Gasteiger partial charge in [-0.1, -0.05) is 18.2 Å². The number of hydrogen-bond acceptors (Lipinski definition) is 5. The smallest absolute Gasteiger partial charge is 0.328 e. The van der Waals surface area contributed by atoms with Crippen LogP contribution < -0.4 is 0 Å². The third-order valence-electron chi connectivity index (χ3n) is 5.01. The van der Waals surface area contributed by atoms with Crippen molar-refractivity contribution >= 4 is 16.9 Å². The van der Waals surface area contributed by atoms with E-state index in [1.54, 1.807) is 6.20 Å². The van der Waals surface area contributed by atoms with Crippen LogP contribution in [0.25, 0.3) is 11.0 Å². The Hall–Kier alpha value is -2.64. The molecule has 4 rings (SSSR count). The Morgan fingerprint density at radius 3 is 2.69 bits per heavy atom. The van der Waals surface area contributed by atoms with Gasteiger partial charge in [-0.25, -0.2) is 4.98 Å². The molecule has 0 aliphatic carbocycles.